The number of benzene rings is 1. The lowest BCUT2D eigenvalue weighted by Gasteiger charge is -2.63. The fourth-order valence-electron chi connectivity index (χ4n) is 9.30. The van der Waals surface area contributed by atoms with Crippen molar-refractivity contribution in [2.75, 3.05) is 0 Å². The molecule has 0 heterocycles. The SMILES string of the molecule is [2H]/C(=C1/C2C[C@H](O)CC[C@]2(C)C2CC[C@@]3(C)C(CC[C@@H]3[C@H](C)CCC(=O)OCc3ccccc3)[C@@H]2[C@]1([2H])O)C([2H])([2H])[2H]. The van der Waals surface area contributed by atoms with Crippen LogP contribution in [0, 0.1) is 46.3 Å². The van der Waals surface area contributed by atoms with Gasteiger partial charge in [-0.3, -0.25) is 4.79 Å². The minimum atomic E-state index is -2.74. The van der Waals surface area contributed by atoms with Crippen molar-refractivity contribution in [1.82, 2.24) is 0 Å². The minimum absolute atomic E-state index is 0.0141. The summed E-state index contributed by atoms with van der Waals surface area (Å²) in [6.45, 7) is 4.16. The molecule has 1 aromatic rings. The van der Waals surface area contributed by atoms with Gasteiger partial charge in [0.2, 0.25) is 0 Å². The first-order valence-electron chi connectivity index (χ1n) is 16.9. The van der Waals surface area contributed by atoms with Gasteiger partial charge in [0, 0.05) is 10.5 Å². The summed E-state index contributed by atoms with van der Waals surface area (Å²) in [5.74, 6) is -0.585. The molecule has 4 aliphatic rings. The third kappa shape index (κ3) is 4.71. The molecule has 4 fully saturated rings. The van der Waals surface area contributed by atoms with Crippen molar-refractivity contribution in [2.45, 2.75) is 104 Å². The Balaban J connectivity index is 1.37. The zero-order chi connectivity index (χ0) is 30.7. The van der Waals surface area contributed by atoms with Gasteiger partial charge >= 0.3 is 5.97 Å². The average molecular weight is 514 g/mol. The second kappa shape index (κ2) is 10.5. The average Bonchev–Trinajstić information content (AvgIpc) is 3.28. The number of carbonyl (C=O) groups excluding carboxylic acids is 1. The number of rotatable bonds is 6. The quantitative estimate of drug-likeness (QED) is 0.328. The molecule has 0 bridgehead atoms. The van der Waals surface area contributed by atoms with Crippen LogP contribution in [0.15, 0.2) is 42.0 Å². The van der Waals surface area contributed by atoms with Gasteiger partial charge < -0.3 is 14.9 Å². The molecule has 2 N–H and O–H groups in total. The predicted octanol–water partition coefficient (Wildman–Crippen LogP) is 6.69. The second-order valence-electron chi connectivity index (χ2n) is 13.0. The van der Waals surface area contributed by atoms with E-state index in [1.54, 1.807) is 0 Å². The Morgan fingerprint density at radius 2 is 1.89 bits per heavy atom. The van der Waals surface area contributed by atoms with E-state index in [1.165, 1.54) is 0 Å². The standard InChI is InChI=1S/C33H48O4/c1-5-24-28-19-23(34)15-17-33(28,4)27-16-18-32(3)25(12-13-26(32)30(27)31(24)36)21(2)11-14-29(35)37-20-22-9-7-6-8-10-22/h5-10,21,23,25-28,30-31,34,36H,11-20H2,1-4H3/b24-5+/t21-,23-,25-,26?,27?,28?,30+,31-,32-,33-/m1/s1/i1D3,5D,31D. The molecule has 0 amide bonds. The van der Waals surface area contributed by atoms with Crippen LogP contribution < -0.4 is 0 Å². The summed E-state index contributed by atoms with van der Waals surface area (Å²) >= 11 is 0. The summed E-state index contributed by atoms with van der Waals surface area (Å²) < 4.78 is 47.7. The van der Waals surface area contributed by atoms with Crippen LogP contribution in [0.2, 0.25) is 0 Å². The fourth-order valence-corrected chi connectivity index (χ4v) is 9.30. The van der Waals surface area contributed by atoms with Crippen LogP contribution in [-0.2, 0) is 16.1 Å². The van der Waals surface area contributed by atoms with Gasteiger partial charge in [-0.15, -0.1) is 0 Å². The minimum Gasteiger partial charge on any atom is -0.461 e. The van der Waals surface area contributed by atoms with Crippen molar-refractivity contribution < 1.29 is 26.6 Å². The van der Waals surface area contributed by atoms with E-state index in [9.17, 15) is 16.4 Å². The van der Waals surface area contributed by atoms with E-state index < -0.39 is 36.9 Å². The van der Waals surface area contributed by atoms with Gasteiger partial charge in [0.25, 0.3) is 0 Å². The number of hydrogen-bond acceptors (Lipinski definition) is 4. The highest BCUT2D eigenvalue weighted by Gasteiger charge is 2.63. The molecular weight excluding hydrogens is 460 g/mol. The van der Waals surface area contributed by atoms with Gasteiger partial charge in [-0.05, 0) is 116 Å². The van der Waals surface area contributed by atoms with Gasteiger partial charge in [-0.1, -0.05) is 57.2 Å². The van der Waals surface area contributed by atoms with Gasteiger partial charge in [-0.25, -0.2) is 0 Å². The molecule has 0 saturated heterocycles. The molecule has 0 aromatic heterocycles. The van der Waals surface area contributed by atoms with Gasteiger partial charge in [0.1, 0.15) is 6.61 Å². The Morgan fingerprint density at radius 3 is 2.65 bits per heavy atom. The molecule has 1 aromatic carbocycles. The summed E-state index contributed by atoms with van der Waals surface area (Å²) in [4.78, 5) is 12.6. The van der Waals surface area contributed by atoms with Gasteiger partial charge in [0.15, 0.2) is 0 Å². The lowest BCUT2D eigenvalue weighted by atomic mass is 9.42. The molecule has 4 saturated carbocycles. The molecule has 3 unspecified atom stereocenters. The Kier molecular flexibility index (Phi) is 6.01. The topological polar surface area (TPSA) is 66.8 Å². The largest absolute Gasteiger partial charge is 0.461 e. The van der Waals surface area contributed by atoms with Crippen molar-refractivity contribution >= 4 is 5.97 Å². The van der Waals surface area contributed by atoms with E-state index in [0.717, 1.165) is 31.2 Å². The summed E-state index contributed by atoms with van der Waals surface area (Å²) in [5.41, 5.74) is 0.446. The van der Waals surface area contributed by atoms with Crippen molar-refractivity contribution in [2.24, 2.45) is 46.3 Å². The molecule has 4 heteroatoms. The Morgan fingerprint density at radius 1 is 1.16 bits per heavy atom. The highest BCUT2D eigenvalue weighted by molar-refractivity contribution is 5.69. The number of allylic oxidation sites excluding steroid dienone is 1. The van der Waals surface area contributed by atoms with Gasteiger partial charge in [-0.2, -0.15) is 0 Å². The van der Waals surface area contributed by atoms with Crippen LogP contribution >= 0.6 is 0 Å². The number of carbonyl (C=O) groups is 1. The van der Waals surface area contributed by atoms with Crippen molar-refractivity contribution in [1.29, 1.82) is 0 Å². The monoisotopic (exact) mass is 513 g/mol. The molecule has 0 radical (unpaired) electrons. The number of aliphatic hydroxyl groups is 2. The highest BCUT2D eigenvalue weighted by atomic mass is 16.5. The first-order valence-corrected chi connectivity index (χ1v) is 14.4. The normalized spacial score (nSPS) is 47.5. The van der Waals surface area contributed by atoms with E-state index in [2.05, 4.69) is 20.8 Å². The number of ether oxygens (including phenoxy) is 1. The van der Waals surface area contributed by atoms with Gasteiger partial charge in [0.05, 0.1) is 14.9 Å². The third-order valence-electron chi connectivity index (χ3n) is 11.3. The maximum absolute atomic E-state index is 12.6. The van der Waals surface area contributed by atoms with E-state index in [1.807, 2.05) is 30.3 Å². The number of esters is 1. The van der Waals surface area contributed by atoms with Crippen molar-refractivity contribution in [3.63, 3.8) is 0 Å². The summed E-state index contributed by atoms with van der Waals surface area (Å²) in [5, 5.41) is 22.7. The summed E-state index contributed by atoms with van der Waals surface area (Å²) in [6, 6.07) is 9.03. The Labute approximate surface area is 230 Å². The Bertz CT molecular complexity index is 1180. The summed E-state index contributed by atoms with van der Waals surface area (Å²) in [7, 11) is 0. The molecule has 4 nitrogen and oxygen atoms in total. The maximum atomic E-state index is 12.6. The van der Waals surface area contributed by atoms with Crippen molar-refractivity contribution in [3.05, 3.63) is 47.5 Å². The van der Waals surface area contributed by atoms with Crippen LogP contribution in [0.25, 0.3) is 0 Å². The predicted molar refractivity (Wildman–Crippen MR) is 146 cm³/mol. The smallest absolute Gasteiger partial charge is 0.306 e. The van der Waals surface area contributed by atoms with Crippen molar-refractivity contribution in [3.8, 4) is 0 Å². The van der Waals surface area contributed by atoms with E-state index in [4.69, 9.17) is 10.2 Å². The van der Waals surface area contributed by atoms with Crippen LogP contribution in [0.5, 0.6) is 0 Å². The molecule has 4 aliphatic carbocycles. The molecule has 10 atom stereocenters. The lowest BCUT2D eigenvalue weighted by Crippen LogP contribution is -2.59. The summed E-state index contributed by atoms with van der Waals surface area (Å²) in [6.07, 6.45) is 3.41. The zero-order valence-corrected chi connectivity index (χ0v) is 22.7. The number of aliphatic hydroxyl groups excluding tert-OH is 1. The molecular formula is C33H48O4. The molecule has 37 heavy (non-hydrogen) atoms. The van der Waals surface area contributed by atoms with Crippen LogP contribution in [-0.4, -0.2) is 28.4 Å². The lowest BCUT2D eigenvalue weighted by molar-refractivity contribution is -0.149. The van der Waals surface area contributed by atoms with E-state index >= 15 is 0 Å². The second-order valence-corrected chi connectivity index (χ2v) is 13.0. The molecule has 0 spiro atoms. The van der Waals surface area contributed by atoms with E-state index in [0.29, 0.717) is 31.6 Å². The van der Waals surface area contributed by atoms with Crippen LogP contribution in [0.3, 0.4) is 0 Å². The molecule has 5 rings (SSSR count). The van der Waals surface area contributed by atoms with E-state index in [-0.39, 0.29) is 53.2 Å². The first-order chi connectivity index (χ1) is 19.6. The fraction of sp³-hybridized carbons (Fsp3) is 0.727. The number of fused-ring (bicyclic) bond motifs is 5. The molecule has 0 aliphatic heterocycles. The van der Waals surface area contributed by atoms with Crippen LogP contribution in [0.1, 0.15) is 97.8 Å². The maximum Gasteiger partial charge on any atom is 0.306 e. The third-order valence-corrected chi connectivity index (χ3v) is 11.3. The Hall–Kier alpha value is -1.65. The van der Waals surface area contributed by atoms with Crippen LogP contribution in [0.4, 0.5) is 0 Å². The molecule has 204 valence electrons. The number of hydrogen-bond donors (Lipinski definition) is 2. The first kappa shape index (κ1) is 21.2. The highest BCUT2D eigenvalue weighted by Crippen LogP contribution is 2.69. The zero-order valence-electron chi connectivity index (χ0n) is 27.7.